The molecule has 208 valence electrons. The van der Waals surface area contributed by atoms with E-state index in [1.807, 2.05) is 28.5 Å². The predicted molar refractivity (Wildman–Crippen MR) is 157 cm³/mol. The number of nitrogens with one attached hydrogen (secondary N) is 1. The maximum atomic E-state index is 10.7. The number of nitrogens with two attached hydrogens (primary N) is 2. The minimum absolute atomic E-state index is 0.279. The minimum Gasteiger partial charge on any atom is -0.369 e. The second kappa shape index (κ2) is 16.3. The summed E-state index contributed by atoms with van der Waals surface area (Å²) in [6.45, 7) is 1.86. The van der Waals surface area contributed by atoms with Gasteiger partial charge in [-0.1, -0.05) is 36.7 Å². The first-order chi connectivity index (χ1) is 19.1. The first-order valence-electron chi connectivity index (χ1n) is 13.3. The van der Waals surface area contributed by atoms with Crippen molar-refractivity contribution in [3.8, 4) is 16.9 Å². The molecule has 10 nitrogen and oxygen atoms in total. The number of aryl methyl sites for hydroxylation is 1. The van der Waals surface area contributed by atoms with Crippen molar-refractivity contribution in [3.05, 3.63) is 65.9 Å². The van der Waals surface area contributed by atoms with Gasteiger partial charge in [0.25, 0.3) is 0 Å². The molecule has 0 atom stereocenters. The van der Waals surface area contributed by atoms with E-state index in [9.17, 15) is 9.59 Å². The SMILES string of the molecule is CN.NC(=O)CC1=CSC2=NCCCN12.O=CCCCCCCc1ncc(-c2ccc(-n3cccn3)cc2)[nH]1. The Balaban J connectivity index is 0.000000236. The lowest BCUT2D eigenvalue weighted by atomic mass is 10.1. The number of rotatable bonds is 11. The molecule has 0 saturated heterocycles. The smallest absolute Gasteiger partial charge is 0.223 e. The first-order valence-corrected chi connectivity index (χ1v) is 14.1. The van der Waals surface area contributed by atoms with Gasteiger partial charge < -0.3 is 26.1 Å². The van der Waals surface area contributed by atoms with E-state index >= 15 is 0 Å². The zero-order valence-electron chi connectivity index (χ0n) is 22.5. The third kappa shape index (κ3) is 9.22. The molecule has 0 saturated carbocycles. The number of aromatic nitrogens is 4. The molecule has 0 fully saturated rings. The van der Waals surface area contributed by atoms with Crippen LogP contribution in [0.5, 0.6) is 0 Å². The zero-order valence-corrected chi connectivity index (χ0v) is 23.3. The van der Waals surface area contributed by atoms with E-state index in [-0.39, 0.29) is 5.91 Å². The van der Waals surface area contributed by atoms with E-state index in [0.29, 0.717) is 12.8 Å². The Morgan fingerprint density at radius 1 is 1.15 bits per heavy atom. The van der Waals surface area contributed by atoms with Gasteiger partial charge in [0.05, 0.1) is 24.0 Å². The third-order valence-electron chi connectivity index (χ3n) is 6.08. The van der Waals surface area contributed by atoms with Crippen LogP contribution in [0.15, 0.2) is 65.0 Å². The highest BCUT2D eigenvalue weighted by Gasteiger charge is 2.25. The highest BCUT2D eigenvalue weighted by molar-refractivity contribution is 8.16. The third-order valence-corrected chi connectivity index (χ3v) is 7.03. The molecular formula is C28H38N8O2S. The lowest BCUT2D eigenvalue weighted by Crippen LogP contribution is -2.31. The van der Waals surface area contributed by atoms with Gasteiger partial charge in [0.15, 0.2) is 5.17 Å². The summed E-state index contributed by atoms with van der Waals surface area (Å²) < 4.78 is 1.84. The molecule has 0 bridgehead atoms. The van der Waals surface area contributed by atoms with E-state index in [1.54, 1.807) is 18.0 Å². The van der Waals surface area contributed by atoms with Crippen LogP contribution < -0.4 is 11.5 Å². The number of aldehydes is 1. The number of carbonyl (C=O) groups is 2. The Morgan fingerprint density at radius 3 is 2.67 bits per heavy atom. The van der Waals surface area contributed by atoms with Gasteiger partial charge in [-0.15, -0.1) is 0 Å². The molecule has 1 aromatic carbocycles. The molecule has 0 spiro atoms. The van der Waals surface area contributed by atoms with E-state index in [0.717, 1.165) is 91.5 Å². The number of amides is 1. The van der Waals surface area contributed by atoms with Gasteiger partial charge in [-0.05, 0) is 55.5 Å². The van der Waals surface area contributed by atoms with Gasteiger partial charge in [0.2, 0.25) is 5.91 Å². The average Bonchev–Trinajstić information content (AvgIpc) is 3.74. The molecule has 2 aliphatic rings. The normalized spacial score (nSPS) is 13.7. The Bertz CT molecular complexity index is 1220. The molecule has 0 radical (unpaired) electrons. The highest BCUT2D eigenvalue weighted by atomic mass is 32.2. The van der Waals surface area contributed by atoms with Crippen molar-refractivity contribution in [1.82, 2.24) is 24.6 Å². The topological polar surface area (TPSA) is 148 Å². The molecule has 5 N–H and O–H groups in total. The summed E-state index contributed by atoms with van der Waals surface area (Å²) in [5.41, 5.74) is 13.8. The summed E-state index contributed by atoms with van der Waals surface area (Å²) in [6, 6.07) is 10.2. The zero-order chi connectivity index (χ0) is 27.9. The Morgan fingerprint density at radius 2 is 1.95 bits per heavy atom. The quantitative estimate of drug-likeness (QED) is 0.241. The average molecular weight is 551 g/mol. The van der Waals surface area contributed by atoms with Crippen molar-refractivity contribution in [2.24, 2.45) is 16.5 Å². The highest BCUT2D eigenvalue weighted by Crippen LogP contribution is 2.30. The van der Waals surface area contributed by atoms with Gasteiger partial charge in [0.1, 0.15) is 12.1 Å². The summed E-state index contributed by atoms with van der Waals surface area (Å²) in [7, 11) is 1.50. The fraction of sp³-hybridized carbons (Fsp3) is 0.393. The van der Waals surface area contributed by atoms with Crippen LogP contribution in [-0.4, -0.2) is 62.1 Å². The number of aromatic amines is 1. The Labute approximate surface area is 234 Å². The summed E-state index contributed by atoms with van der Waals surface area (Å²) in [6.07, 6.45) is 14.0. The van der Waals surface area contributed by atoms with Crippen LogP contribution in [0.1, 0.15) is 50.8 Å². The molecule has 5 rings (SSSR count). The number of fused-ring (bicyclic) bond motifs is 1. The summed E-state index contributed by atoms with van der Waals surface area (Å²) in [5, 5.41) is 7.21. The maximum Gasteiger partial charge on any atom is 0.223 e. The number of hydrogen-bond acceptors (Lipinski definition) is 8. The van der Waals surface area contributed by atoms with E-state index < -0.39 is 0 Å². The Hall–Kier alpha value is -3.70. The van der Waals surface area contributed by atoms with Gasteiger partial charge in [-0.2, -0.15) is 5.10 Å². The van der Waals surface area contributed by atoms with E-state index in [4.69, 9.17) is 5.73 Å². The number of H-pyrrole nitrogens is 1. The van der Waals surface area contributed by atoms with Gasteiger partial charge in [0, 0.05) is 44.0 Å². The van der Waals surface area contributed by atoms with Crippen molar-refractivity contribution >= 4 is 29.1 Å². The van der Waals surface area contributed by atoms with E-state index in [2.05, 4.69) is 55.0 Å². The van der Waals surface area contributed by atoms with Crippen molar-refractivity contribution in [1.29, 1.82) is 0 Å². The largest absolute Gasteiger partial charge is 0.369 e. The number of primary amides is 1. The van der Waals surface area contributed by atoms with Crippen LogP contribution in [-0.2, 0) is 16.0 Å². The number of hydrogen-bond donors (Lipinski definition) is 3. The fourth-order valence-electron chi connectivity index (χ4n) is 4.18. The number of aliphatic imine (C=N–C) groups is 1. The van der Waals surface area contributed by atoms with Gasteiger partial charge in [-0.25, -0.2) is 9.67 Å². The van der Waals surface area contributed by atoms with Gasteiger partial charge >= 0.3 is 0 Å². The molecule has 1 amide bonds. The molecule has 2 aliphatic heterocycles. The number of imidazole rings is 1. The summed E-state index contributed by atoms with van der Waals surface area (Å²) in [5.74, 6) is 0.746. The molecule has 4 heterocycles. The minimum atomic E-state index is -0.279. The lowest BCUT2D eigenvalue weighted by Gasteiger charge is -2.24. The van der Waals surface area contributed by atoms with Crippen molar-refractivity contribution in [2.45, 2.75) is 51.4 Å². The number of unbranched alkanes of at least 4 members (excludes halogenated alkanes) is 4. The standard InChI is InChI=1S/C19H22N4O.C8H11N3OS.CH5N/c24-14-5-3-1-2-4-7-19-20-15-18(22-19)16-8-10-17(11-9-16)23-13-6-12-21-23;9-7(12)4-6-5-13-8-10-2-1-3-11(6)8;1-2/h6,8-15H,1-5,7H2,(H,20,22);5H,1-4H2,(H2,9,12);2H2,1H3. The van der Waals surface area contributed by atoms with E-state index in [1.165, 1.54) is 7.05 Å². The van der Waals surface area contributed by atoms with Crippen molar-refractivity contribution in [2.75, 3.05) is 20.1 Å². The van der Waals surface area contributed by atoms with Crippen molar-refractivity contribution in [3.63, 3.8) is 0 Å². The second-order valence-corrected chi connectivity index (χ2v) is 9.74. The molecule has 0 aliphatic carbocycles. The second-order valence-electron chi connectivity index (χ2n) is 8.90. The summed E-state index contributed by atoms with van der Waals surface area (Å²) in [4.78, 5) is 35.3. The Kier molecular flexibility index (Phi) is 12.5. The molecule has 11 heteroatoms. The maximum absolute atomic E-state index is 10.7. The number of thioether (sulfide) groups is 1. The first kappa shape index (κ1) is 29.9. The van der Waals surface area contributed by atoms with Crippen LogP contribution in [0.2, 0.25) is 0 Å². The van der Waals surface area contributed by atoms with Crippen LogP contribution in [0.25, 0.3) is 16.9 Å². The molecule has 39 heavy (non-hydrogen) atoms. The lowest BCUT2D eigenvalue weighted by molar-refractivity contribution is -0.117. The fourth-order valence-corrected chi connectivity index (χ4v) is 5.13. The van der Waals surface area contributed by atoms with Crippen LogP contribution in [0, 0.1) is 0 Å². The van der Waals surface area contributed by atoms with Crippen LogP contribution >= 0.6 is 11.8 Å². The van der Waals surface area contributed by atoms with Gasteiger partial charge in [-0.3, -0.25) is 9.79 Å². The van der Waals surface area contributed by atoms with Crippen LogP contribution in [0.4, 0.5) is 0 Å². The number of carbonyl (C=O) groups excluding carboxylic acids is 2. The number of nitrogens with zero attached hydrogens (tertiary/aromatic N) is 5. The molecule has 2 aromatic heterocycles. The predicted octanol–water partition coefficient (Wildman–Crippen LogP) is 4.04. The summed E-state index contributed by atoms with van der Waals surface area (Å²) >= 11 is 1.58. The molecule has 3 aromatic rings. The molecule has 0 unspecified atom stereocenters. The van der Waals surface area contributed by atoms with Crippen LogP contribution in [0.3, 0.4) is 0 Å². The number of amidine groups is 1. The monoisotopic (exact) mass is 550 g/mol. The number of benzene rings is 1. The molecular weight excluding hydrogens is 512 g/mol. The van der Waals surface area contributed by atoms with Crippen molar-refractivity contribution < 1.29 is 9.59 Å².